The fourth-order valence-electron chi connectivity index (χ4n) is 2.61. The molecule has 1 N–H and O–H groups in total. The molecule has 0 amide bonds. The molecule has 0 saturated carbocycles. The van der Waals surface area contributed by atoms with E-state index < -0.39 is 0 Å². The summed E-state index contributed by atoms with van der Waals surface area (Å²) in [6.07, 6.45) is 0. The Morgan fingerprint density at radius 2 is 1.95 bits per heavy atom. The maximum absolute atomic E-state index is 6.34. The lowest BCUT2D eigenvalue weighted by molar-refractivity contribution is 0.942. The molecule has 2 aromatic heterocycles. The van der Waals surface area contributed by atoms with E-state index in [0.717, 1.165) is 39.5 Å². The van der Waals surface area contributed by atoms with Gasteiger partial charge in [-0.25, -0.2) is 9.67 Å². The molecule has 3 aromatic rings. The average molecular weight is 332 g/mol. The Morgan fingerprint density at radius 1 is 1.14 bits per heavy atom. The molecule has 1 aliphatic heterocycles. The van der Waals surface area contributed by atoms with Crippen LogP contribution in [0.5, 0.6) is 0 Å². The first kappa shape index (κ1) is 13.5. The summed E-state index contributed by atoms with van der Waals surface area (Å²) < 4.78 is 1.79. The smallest absolute Gasteiger partial charge is 0.147 e. The van der Waals surface area contributed by atoms with E-state index in [2.05, 4.69) is 20.6 Å². The van der Waals surface area contributed by atoms with Crippen LogP contribution >= 0.6 is 23.2 Å². The van der Waals surface area contributed by atoms with Crippen LogP contribution in [0, 0.1) is 6.92 Å². The van der Waals surface area contributed by atoms with Crippen molar-refractivity contribution >= 4 is 45.8 Å². The second-order valence-corrected chi connectivity index (χ2v) is 6.01. The molecule has 0 aliphatic carbocycles. The van der Waals surface area contributed by atoms with Crippen LogP contribution < -0.4 is 5.43 Å². The second-order valence-electron chi connectivity index (χ2n) is 5.16. The van der Waals surface area contributed by atoms with E-state index in [9.17, 15) is 0 Å². The van der Waals surface area contributed by atoms with Gasteiger partial charge >= 0.3 is 0 Å². The third-order valence-corrected chi connectivity index (χ3v) is 4.14. The fourth-order valence-corrected chi connectivity index (χ4v) is 3.11. The molecule has 0 unspecified atom stereocenters. The number of anilines is 1. The van der Waals surface area contributed by atoms with E-state index >= 15 is 0 Å². The Morgan fingerprint density at radius 3 is 2.73 bits per heavy atom. The van der Waals surface area contributed by atoms with Gasteiger partial charge in [-0.15, -0.1) is 0 Å². The van der Waals surface area contributed by atoms with Gasteiger partial charge in [-0.2, -0.15) is 10.2 Å². The maximum Gasteiger partial charge on any atom is 0.147 e. The van der Waals surface area contributed by atoms with Crippen molar-refractivity contribution in [2.45, 2.75) is 13.8 Å². The SMILES string of the molecule is CC1=NNc2cc(C)nc3c(-c4ccc(Cl)cc4Cl)nn1c23. The Kier molecular flexibility index (Phi) is 2.89. The van der Waals surface area contributed by atoms with Gasteiger partial charge in [-0.05, 0) is 38.1 Å². The van der Waals surface area contributed by atoms with Gasteiger partial charge in [-0.1, -0.05) is 23.2 Å². The zero-order chi connectivity index (χ0) is 15.4. The summed E-state index contributed by atoms with van der Waals surface area (Å²) in [5.74, 6) is 0.750. The Balaban J connectivity index is 2.10. The predicted molar refractivity (Wildman–Crippen MR) is 89.9 cm³/mol. The number of aryl methyl sites for hydroxylation is 1. The molecular formula is C15H11Cl2N5. The molecule has 110 valence electrons. The highest BCUT2D eigenvalue weighted by molar-refractivity contribution is 6.36. The van der Waals surface area contributed by atoms with Crippen molar-refractivity contribution in [3.63, 3.8) is 0 Å². The van der Waals surface area contributed by atoms with E-state index in [1.165, 1.54) is 0 Å². The largest absolute Gasteiger partial charge is 0.274 e. The van der Waals surface area contributed by atoms with Crippen molar-refractivity contribution in [3.8, 4) is 11.3 Å². The van der Waals surface area contributed by atoms with E-state index in [0.29, 0.717) is 10.0 Å². The fraction of sp³-hybridized carbons (Fsp3) is 0.133. The van der Waals surface area contributed by atoms with E-state index in [4.69, 9.17) is 23.2 Å². The number of hydrogen-bond donors (Lipinski definition) is 1. The molecule has 7 heteroatoms. The summed E-state index contributed by atoms with van der Waals surface area (Å²) >= 11 is 12.3. The molecule has 4 rings (SSSR count). The topological polar surface area (TPSA) is 55.1 Å². The van der Waals surface area contributed by atoms with Crippen LogP contribution in [0.4, 0.5) is 5.69 Å². The number of nitrogens with zero attached hydrogens (tertiary/aromatic N) is 4. The van der Waals surface area contributed by atoms with Crippen LogP contribution in [0.2, 0.25) is 10.0 Å². The minimum absolute atomic E-state index is 0.547. The standard InChI is InChI=1S/C15H11Cl2N5/c1-7-5-12-15-14(18-7)13(21-22(15)8(2)19-20-12)10-4-3-9(16)6-11(10)17/h3-6,20H,1-2H3. The number of aromatic nitrogens is 3. The number of nitrogens with one attached hydrogen (secondary N) is 1. The summed E-state index contributed by atoms with van der Waals surface area (Å²) in [4.78, 5) is 4.64. The number of hydrazone groups is 1. The van der Waals surface area contributed by atoms with Crippen LogP contribution in [-0.4, -0.2) is 20.6 Å². The number of benzene rings is 1. The molecule has 0 atom stereocenters. The van der Waals surface area contributed by atoms with Gasteiger partial charge in [-0.3, -0.25) is 5.43 Å². The minimum atomic E-state index is 0.547. The van der Waals surface area contributed by atoms with Crippen LogP contribution in [0.1, 0.15) is 12.6 Å². The van der Waals surface area contributed by atoms with Crippen molar-refractivity contribution in [3.05, 3.63) is 40.0 Å². The van der Waals surface area contributed by atoms with Gasteiger partial charge in [0.15, 0.2) is 0 Å². The molecule has 0 spiro atoms. The summed E-state index contributed by atoms with van der Waals surface area (Å²) in [6.45, 7) is 3.82. The second kappa shape index (κ2) is 4.69. The van der Waals surface area contributed by atoms with Crippen molar-refractivity contribution in [2.24, 2.45) is 5.10 Å². The average Bonchev–Trinajstić information content (AvgIpc) is 2.83. The predicted octanol–water partition coefficient (Wildman–Crippen LogP) is 4.32. The van der Waals surface area contributed by atoms with Crippen molar-refractivity contribution in [2.75, 3.05) is 5.43 Å². The van der Waals surface area contributed by atoms with Gasteiger partial charge in [0.1, 0.15) is 22.6 Å². The molecule has 0 fully saturated rings. The number of rotatable bonds is 1. The lowest BCUT2D eigenvalue weighted by Crippen LogP contribution is -2.16. The highest BCUT2D eigenvalue weighted by atomic mass is 35.5. The third kappa shape index (κ3) is 1.90. The molecule has 1 aliphatic rings. The van der Waals surface area contributed by atoms with E-state index in [1.807, 2.05) is 26.0 Å². The summed E-state index contributed by atoms with van der Waals surface area (Å²) in [6, 6.07) is 7.31. The Bertz CT molecular complexity index is 958. The molecule has 3 heterocycles. The first-order chi connectivity index (χ1) is 10.5. The van der Waals surface area contributed by atoms with Crippen molar-refractivity contribution in [1.82, 2.24) is 14.8 Å². The first-order valence-electron chi connectivity index (χ1n) is 6.71. The molecule has 0 saturated heterocycles. The van der Waals surface area contributed by atoms with Gasteiger partial charge < -0.3 is 0 Å². The molecule has 0 bridgehead atoms. The first-order valence-corrected chi connectivity index (χ1v) is 7.46. The summed E-state index contributed by atoms with van der Waals surface area (Å²) in [5.41, 5.74) is 8.03. The van der Waals surface area contributed by atoms with Gasteiger partial charge in [0.05, 0.1) is 10.7 Å². The Hall–Kier alpha value is -2.11. The molecule has 5 nitrogen and oxygen atoms in total. The molecule has 22 heavy (non-hydrogen) atoms. The zero-order valence-corrected chi connectivity index (χ0v) is 13.4. The molecular weight excluding hydrogens is 321 g/mol. The lowest BCUT2D eigenvalue weighted by atomic mass is 10.1. The number of hydrogen-bond acceptors (Lipinski definition) is 4. The van der Waals surface area contributed by atoms with Crippen molar-refractivity contribution < 1.29 is 0 Å². The van der Waals surface area contributed by atoms with Crippen LogP contribution in [-0.2, 0) is 0 Å². The monoisotopic (exact) mass is 331 g/mol. The lowest BCUT2D eigenvalue weighted by Gasteiger charge is -2.13. The van der Waals surface area contributed by atoms with Gasteiger partial charge in [0.2, 0.25) is 0 Å². The highest BCUT2D eigenvalue weighted by Gasteiger charge is 2.22. The normalized spacial score (nSPS) is 13.2. The highest BCUT2D eigenvalue weighted by Crippen LogP contribution is 2.36. The summed E-state index contributed by atoms with van der Waals surface area (Å²) in [7, 11) is 0. The van der Waals surface area contributed by atoms with Crippen LogP contribution in [0.15, 0.2) is 29.4 Å². The molecule has 1 aromatic carbocycles. The quantitative estimate of drug-likeness (QED) is 0.722. The third-order valence-electron chi connectivity index (χ3n) is 3.59. The van der Waals surface area contributed by atoms with E-state index in [1.54, 1.807) is 16.8 Å². The van der Waals surface area contributed by atoms with Crippen LogP contribution in [0.25, 0.3) is 22.3 Å². The number of pyridine rings is 1. The minimum Gasteiger partial charge on any atom is -0.274 e. The number of halogens is 2. The van der Waals surface area contributed by atoms with Crippen molar-refractivity contribution in [1.29, 1.82) is 0 Å². The summed E-state index contributed by atoms with van der Waals surface area (Å²) in [5, 5.41) is 10.1. The maximum atomic E-state index is 6.34. The zero-order valence-electron chi connectivity index (χ0n) is 11.9. The van der Waals surface area contributed by atoms with Gasteiger partial charge in [0, 0.05) is 16.3 Å². The Labute approximate surface area is 136 Å². The van der Waals surface area contributed by atoms with Crippen LogP contribution in [0.3, 0.4) is 0 Å². The molecule has 0 radical (unpaired) electrons. The van der Waals surface area contributed by atoms with Gasteiger partial charge in [0.25, 0.3) is 0 Å². The van der Waals surface area contributed by atoms with E-state index in [-0.39, 0.29) is 0 Å².